The van der Waals surface area contributed by atoms with Crippen LogP contribution in [0.1, 0.15) is 5.69 Å². The summed E-state index contributed by atoms with van der Waals surface area (Å²) in [7, 11) is 0. The van der Waals surface area contributed by atoms with Crippen LogP contribution < -0.4 is 5.69 Å². The molecule has 0 fully saturated rings. The number of aromatic nitrogens is 6. The zero-order chi connectivity index (χ0) is 23.8. The van der Waals surface area contributed by atoms with Crippen LogP contribution in [0, 0.1) is 0 Å². The first-order chi connectivity index (χ1) is 17.2. The van der Waals surface area contributed by atoms with Crippen molar-refractivity contribution >= 4 is 17.2 Å². The molecule has 0 saturated carbocycles. The van der Waals surface area contributed by atoms with Crippen molar-refractivity contribution in [3.8, 4) is 33.5 Å². The summed E-state index contributed by atoms with van der Waals surface area (Å²) in [5, 5.41) is 9.27. The lowest BCUT2D eigenvalue weighted by Gasteiger charge is -2.11. The molecule has 0 aliphatic heterocycles. The molecule has 9 heteroatoms. The van der Waals surface area contributed by atoms with E-state index in [4.69, 9.17) is 21.2 Å². The van der Waals surface area contributed by atoms with Gasteiger partial charge in [0.25, 0.3) is 0 Å². The maximum atomic E-state index is 13.3. The SMILES string of the molecule is O=c1n(Cc2ccc(-c3ccon3)cn2)nc2c(-c3ccc(Cl)cc3)c(-c3ccncc3)ccn12. The maximum Gasteiger partial charge on any atom is 0.350 e. The molecule has 5 heterocycles. The molecule has 170 valence electrons. The standard InChI is InChI=1S/C26H17ClN6O2/c27-20-4-1-18(2-5-20)24-22(17-7-11-28-12-8-17)9-13-32-25(24)30-33(26(32)34)16-21-6-3-19(15-29-21)23-10-14-35-31-23/h1-15H,16H2. The summed E-state index contributed by atoms with van der Waals surface area (Å²) in [4.78, 5) is 21.9. The van der Waals surface area contributed by atoms with Crippen molar-refractivity contribution in [1.29, 1.82) is 0 Å². The van der Waals surface area contributed by atoms with Crippen LogP contribution >= 0.6 is 11.6 Å². The van der Waals surface area contributed by atoms with E-state index in [1.54, 1.807) is 35.3 Å². The van der Waals surface area contributed by atoms with E-state index < -0.39 is 0 Å². The van der Waals surface area contributed by atoms with E-state index in [0.717, 1.165) is 27.8 Å². The molecule has 1 aromatic carbocycles. The smallest absolute Gasteiger partial charge is 0.350 e. The van der Waals surface area contributed by atoms with E-state index in [2.05, 4.69) is 15.1 Å². The normalized spacial score (nSPS) is 11.2. The van der Waals surface area contributed by atoms with Crippen molar-refractivity contribution < 1.29 is 4.52 Å². The first-order valence-corrected chi connectivity index (χ1v) is 11.2. The average Bonchev–Trinajstić information content (AvgIpc) is 3.54. The molecular formula is C26H17ClN6O2. The second-order valence-electron chi connectivity index (χ2n) is 7.90. The average molecular weight is 481 g/mol. The Morgan fingerprint density at radius 1 is 0.886 bits per heavy atom. The van der Waals surface area contributed by atoms with Crippen LogP contribution in [0.3, 0.4) is 0 Å². The third kappa shape index (κ3) is 3.89. The second-order valence-corrected chi connectivity index (χ2v) is 8.34. The van der Waals surface area contributed by atoms with Crippen LogP contribution in [-0.4, -0.2) is 29.3 Å². The molecule has 5 aromatic heterocycles. The summed E-state index contributed by atoms with van der Waals surface area (Å²) in [6, 6.07) is 18.8. The summed E-state index contributed by atoms with van der Waals surface area (Å²) in [6.07, 6.45) is 8.44. The van der Waals surface area contributed by atoms with Gasteiger partial charge in [0.2, 0.25) is 0 Å². The van der Waals surface area contributed by atoms with Crippen LogP contribution in [0.5, 0.6) is 0 Å². The largest absolute Gasteiger partial charge is 0.364 e. The first-order valence-electron chi connectivity index (χ1n) is 10.8. The highest BCUT2D eigenvalue weighted by Crippen LogP contribution is 2.34. The predicted molar refractivity (Wildman–Crippen MR) is 132 cm³/mol. The second kappa shape index (κ2) is 8.66. The molecule has 0 atom stereocenters. The van der Waals surface area contributed by atoms with Crippen molar-refractivity contribution in [2.75, 3.05) is 0 Å². The number of halogens is 1. The van der Waals surface area contributed by atoms with Gasteiger partial charge in [0.15, 0.2) is 5.65 Å². The molecule has 0 aliphatic carbocycles. The zero-order valence-corrected chi connectivity index (χ0v) is 19.0. The number of rotatable bonds is 5. The van der Waals surface area contributed by atoms with Gasteiger partial charge in [-0.3, -0.25) is 9.97 Å². The van der Waals surface area contributed by atoms with Gasteiger partial charge >= 0.3 is 5.69 Å². The molecule has 0 N–H and O–H groups in total. The summed E-state index contributed by atoms with van der Waals surface area (Å²) in [6.45, 7) is 0.226. The molecule has 8 nitrogen and oxygen atoms in total. The first kappa shape index (κ1) is 21.0. The topological polar surface area (TPSA) is 91.1 Å². The molecule has 0 spiro atoms. The minimum Gasteiger partial charge on any atom is -0.364 e. The molecule has 6 aromatic rings. The van der Waals surface area contributed by atoms with Gasteiger partial charge in [-0.05, 0) is 59.2 Å². The minimum atomic E-state index is -0.251. The van der Waals surface area contributed by atoms with Gasteiger partial charge in [0.1, 0.15) is 12.0 Å². The lowest BCUT2D eigenvalue weighted by atomic mass is 9.96. The van der Waals surface area contributed by atoms with Gasteiger partial charge in [-0.2, -0.15) is 0 Å². The highest BCUT2D eigenvalue weighted by molar-refractivity contribution is 6.30. The van der Waals surface area contributed by atoms with Crippen molar-refractivity contribution in [2.45, 2.75) is 6.54 Å². The predicted octanol–water partition coefficient (Wildman–Crippen LogP) is 4.98. The summed E-state index contributed by atoms with van der Waals surface area (Å²) < 4.78 is 7.87. The summed E-state index contributed by atoms with van der Waals surface area (Å²) in [5.74, 6) is 0. The molecule has 35 heavy (non-hydrogen) atoms. The Labute approximate surface area is 204 Å². The van der Waals surface area contributed by atoms with E-state index in [-0.39, 0.29) is 12.2 Å². The van der Waals surface area contributed by atoms with Crippen LogP contribution in [0.4, 0.5) is 0 Å². The lowest BCUT2D eigenvalue weighted by molar-refractivity contribution is 0.422. The van der Waals surface area contributed by atoms with Gasteiger partial charge in [-0.25, -0.2) is 13.9 Å². The van der Waals surface area contributed by atoms with E-state index in [0.29, 0.717) is 22.1 Å². The van der Waals surface area contributed by atoms with Gasteiger partial charge < -0.3 is 4.52 Å². The van der Waals surface area contributed by atoms with E-state index in [9.17, 15) is 4.79 Å². The molecule has 0 unspecified atom stereocenters. The summed E-state index contributed by atoms with van der Waals surface area (Å²) >= 11 is 6.14. The van der Waals surface area contributed by atoms with Gasteiger partial charge in [0.05, 0.1) is 12.2 Å². The Kier molecular flexibility index (Phi) is 5.20. The van der Waals surface area contributed by atoms with Crippen LogP contribution in [0.25, 0.3) is 39.2 Å². The van der Waals surface area contributed by atoms with Gasteiger partial charge in [-0.15, -0.1) is 5.10 Å². The highest BCUT2D eigenvalue weighted by atomic mass is 35.5. The molecule has 0 aliphatic rings. The molecular weight excluding hydrogens is 464 g/mol. The highest BCUT2D eigenvalue weighted by Gasteiger charge is 2.18. The Hall–Kier alpha value is -4.56. The molecule has 0 amide bonds. The fraction of sp³-hybridized carbons (Fsp3) is 0.0385. The van der Waals surface area contributed by atoms with Crippen molar-refractivity contribution in [1.82, 2.24) is 29.3 Å². The molecule has 0 saturated heterocycles. The van der Waals surface area contributed by atoms with Gasteiger partial charge in [0, 0.05) is 47.0 Å². The summed E-state index contributed by atoms with van der Waals surface area (Å²) in [5.41, 5.74) is 6.17. The Morgan fingerprint density at radius 3 is 2.40 bits per heavy atom. The van der Waals surface area contributed by atoms with E-state index in [1.165, 1.54) is 10.9 Å². The Balaban J connectivity index is 1.47. The Bertz CT molecular complexity index is 1670. The Morgan fingerprint density at radius 2 is 1.69 bits per heavy atom. The third-order valence-electron chi connectivity index (χ3n) is 5.75. The van der Waals surface area contributed by atoms with Gasteiger partial charge in [-0.1, -0.05) is 28.9 Å². The van der Waals surface area contributed by atoms with Crippen LogP contribution in [-0.2, 0) is 6.54 Å². The minimum absolute atomic E-state index is 0.226. The number of hydrogen-bond acceptors (Lipinski definition) is 6. The molecule has 6 rings (SSSR count). The quantitative estimate of drug-likeness (QED) is 0.345. The number of hydrogen-bond donors (Lipinski definition) is 0. The monoisotopic (exact) mass is 480 g/mol. The van der Waals surface area contributed by atoms with E-state index >= 15 is 0 Å². The lowest BCUT2D eigenvalue weighted by Crippen LogP contribution is -2.22. The van der Waals surface area contributed by atoms with Crippen molar-refractivity contribution in [2.24, 2.45) is 0 Å². The van der Waals surface area contributed by atoms with E-state index in [1.807, 2.05) is 54.6 Å². The zero-order valence-electron chi connectivity index (χ0n) is 18.2. The number of nitrogens with zero attached hydrogens (tertiary/aromatic N) is 6. The third-order valence-corrected chi connectivity index (χ3v) is 6.00. The van der Waals surface area contributed by atoms with Crippen LogP contribution in [0.15, 0.2) is 101 Å². The molecule has 0 bridgehead atoms. The van der Waals surface area contributed by atoms with Crippen molar-refractivity contribution in [3.05, 3.63) is 113 Å². The van der Waals surface area contributed by atoms with Crippen LogP contribution in [0.2, 0.25) is 5.02 Å². The number of pyridine rings is 3. The fourth-order valence-corrected chi connectivity index (χ4v) is 4.16. The molecule has 0 radical (unpaired) electrons. The number of fused-ring (bicyclic) bond motifs is 1. The maximum absolute atomic E-state index is 13.3. The van der Waals surface area contributed by atoms with Crippen molar-refractivity contribution in [3.63, 3.8) is 0 Å². The fourth-order valence-electron chi connectivity index (χ4n) is 4.04. The number of benzene rings is 1.